The SMILES string of the molecule is Cc1cc(Nc2nc(N[C@@H]3C[C@H]4CCC[C@@H](C3)N4C(=O)c3nccn3C)nc3sccc23)n[nH]1. The highest BCUT2D eigenvalue weighted by Gasteiger charge is 2.42. The first-order valence-corrected chi connectivity index (χ1v) is 12.5. The van der Waals surface area contributed by atoms with Gasteiger partial charge >= 0.3 is 0 Å². The Kier molecular flexibility index (Phi) is 5.20. The molecule has 176 valence electrons. The molecule has 6 rings (SSSR count). The molecule has 4 aromatic rings. The van der Waals surface area contributed by atoms with Crippen molar-refractivity contribution >= 4 is 45.0 Å². The van der Waals surface area contributed by atoms with Crippen molar-refractivity contribution in [1.82, 2.24) is 34.6 Å². The van der Waals surface area contributed by atoms with Gasteiger partial charge < -0.3 is 20.1 Å². The van der Waals surface area contributed by atoms with E-state index >= 15 is 0 Å². The standard InChI is InChI=1S/C23H27N9OS/c1-13-10-18(30-29-13)26-19-17-6-9-34-21(17)28-23(27-19)25-14-11-15-4-3-5-16(12-14)32(15)22(33)20-24-7-8-31(20)2/h6-10,14-16H,3-5,11-12H2,1-2H3,(H3,25,26,27,28,29,30)/t14-,15-,16+. The zero-order valence-electron chi connectivity index (χ0n) is 19.2. The zero-order chi connectivity index (χ0) is 23.2. The lowest BCUT2D eigenvalue weighted by atomic mass is 9.81. The van der Waals surface area contributed by atoms with Crippen molar-refractivity contribution < 1.29 is 4.79 Å². The van der Waals surface area contributed by atoms with Gasteiger partial charge in [-0.1, -0.05) is 0 Å². The first kappa shape index (κ1) is 21.1. The van der Waals surface area contributed by atoms with Crippen LogP contribution >= 0.6 is 11.3 Å². The maximum Gasteiger partial charge on any atom is 0.290 e. The summed E-state index contributed by atoms with van der Waals surface area (Å²) in [5.74, 6) is 2.63. The molecule has 11 heteroatoms. The van der Waals surface area contributed by atoms with Crippen molar-refractivity contribution in [2.24, 2.45) is 7.05 Å². The van der Waals surface area contributed by atoms with Crippen LogP contribution in [-0.2, 0) is 7.05 Å². The number of fused-ring (bicyclic) bond motifs is 3. The molecule has 0 aromatic carbocycles. The fourth-order valence-corrected chi connectivity index (χ4v) is 6.08. The number of aromatic amines is 1. The van der Waals surface area contributed by atoms with E-state index in [9.17, 15) is 4.79 Å². The van der Waals surface area contributed by atoms with Crippen molar-refractivity contribution in [3.63, 3.8) is 0 Å². The number of nitrogens with zero attached hydrogens (tertiary/aromatic N) is 6. The van der Waals surface area contributed by atoms with E-state index in [0.29, 0.717) is 11.8 Å². The monoisotopic (exact) mass is 477 g/mol. The van der Waals surface area contributed by atoms with E-state index in [4.69, 9.17) is 9.97 Å². The van der Waals surface area contributed by atoms with E-state index < -0.39 is 0 Å². The average molecular weight is 478 g/mol. The molecule has 10 nitrogen and oxygen atoms in total. The van der Waals surface area contributed by atoms with Crippen molar-refractivity contribution in [2.75, 3.05) is 10.6 Å². The summed E-state index contributed by atoms with van der Waals surface area (Å²) in [7, 11) is 1.87. The number of anilines is 3. The minimum atomic E-state index is 0.0395. The fourth-order valence-electron chi connectivity index (χ4n) is 5.32. The number of thiophene rings is 1. The van der Waals surface area contributed by atoms with Gasteiger partial charge in [-0.15, -0.1) is 11.3 Å². The van der Waals surface area contributed by atoms with E-state index in [2.05, 4.69) is 30.7 Å². The van der Waals surface area contributed by atoms with Crippen LogP contribution in [0.2, 0.25) is 0 Å². The number of aromatic nitrogens is 6. The number of nitrogens with one attached hydrogen (secondary N) is 3. The van der Waals surface area contributed by atoms with Crippen molar-refractivity contribution in [3.8, 4) is 0 Å². The first-order valence-electron chi connectivity index (χ1n) is 11.7. The zero-order valence-corrected chi connectivity index (χ0v) is 20.0. The molecule has 2 aliphatic heterocycles. The molecule has 0 aliphatic carbocycles. The second-order valence-corrected chi connectivity index (χ2v) is 10.1. The third-order valence-corrected chi connectivity index (χ3v) is 7.64. The third kappa shape index (κ3) is 3.79. The smallest absolute Gasteiger partial charge is 0.290 e. The van der Waals surface area contributed by atoms with Crippen molar-refractivity contribution in [2.45, 2.75) is 57.2 Å². The Balaban J connectivity index is 1.23. The average Bonchev–Trinajstić information content (AvgIpc) is 3.54. The molecule has 2 aliphatic rings. The van der Waals surface area contributed by atoms with Crippen molar-refractivity contribution in [3.05, 3.63) is 41.4 Å². The normalized spacial score (nSPS) is 22.2. The minimum Gasteiger partial charge on any atom is -0.351 e. The Morgan fingerprint density at radius 2 is 2.06 bits per heavy atom. The number of hydrogen-bond donors (Lipinski definition) is 3. The van der Waals surface area contributed by atoms with Crippen LogP contribution in [0, 0.1) is 6.92 Å². The van der Waals surface area contributed by atoms with Crippen LogP contribution < -0.4 is 10.6 Å². The highest BCUT2D eigenvalue weighted by molar-refractivity contribution is 7.16. The van der Waals surface area contributed by atoms with Gasteiger partial charge in [-0.2, -0.15) is 10.1 Å². The van der Waals surface area contributed by atoms with Gasteiger partial charge in [0.05, 0.1) is 5.39 Å². The highest BCUT2D eigenvalue weighted by Crippen LogP contribution is 2.36. The molecular formula is C23H27N9OS. The molecule has 0 radical (unpaired) electrons. The fraction of sp³-hybridized carbons (Fsp3) is 0.435. The molecule has 0 unspecified atom stereocenters. The molecule has 3 atom stereocenters. The number of aryl methyl sites for hydroxylation is 2. The maximum atomic E-state index is 13.3. The predicted molar refractivity (Wildman–Crippen MR) is 131 cm³/mol. The summed E-state index contributed by atoms with van der Waals surface area (Å²) in [6, 6.07) is 4.58. The van der Waals surface area contributed by atoms with Crippen LogP contribution in [0.25, 0.3) is 10.2 Å². The van der Waals surface area contributed by atoms with Crippen LogP contribution in [0.3, 0.4) is 0 Å². The van der Waals surface area contributed by atoms with E-state index in [1.165, 1.54) is 0 Å². The van der Waals surface area contributed by atoms with Gasteiger partial charge in [0.25, 0.3) is 5.91 Å². The predicted octanol–water partition coefficient (Wildman–Crippen LogP) is 3.84. The second kappa shape index (κ2) is 8.39. The Labute approximate surface area is 200 Å². The molecule has 3 N–H and O–H groups in total. The van der Waals surface area contributed by atoms with Crippen LogP contribution in [0.4, 0.5) is 17.6 Å². The third-order valence-electron chi connectivity index (χ3n) is 6.83. The number of hydrogen-bond acceptors (Lipinski definition) is 8. The quantitative estimate of drug-likeness (QED) is 0.400. The Hall–Kier alpha value is -3.47. The Morgan fingerprint density at radius 1 is 1.24 bits per heavy atom. The van der Waals surface area contributed by atoms with Gasteiger partial charge in [0.1, 0.15) is 10.6 Å². The largest absolute Gasteiger partial charge is 0.351 e. The molecule has 2 saturated heterocycles. The molecule has 4 aromatic heterocycles. The maximum absolute atomic E-state index is 13.3. The van der Waals surface area contributed by atoms with Crippen LogP contribution in [-0.4, -0.2) is 58.6 Å². The van der Waals surface area contributed by atoms with E-state index in [0.717, 1.165) is 59.7 Å². The van der Waals surface area contributed by atoms with Gasteiger partial charge in [0.15, 0.2) is 11.6 Å². The number of carbonyl (C=O) groups is 1. The lowest BCUT2D eigenvalue weighted by Gasteiger charge is -2.48. The van der Waals surface area contributed by atoms with Crippen LogP contribution in [0.1, 0.15) is 48.4 Å². The molecule has 2 bridgehead atoms. The summed E-state index contributed by atoms with van der Waals surface area (Å²) in [5.41, 5.74) is 0.981. The number of imidazole rings is 1. The van der Waals surface area contributed by atoms with Gasteiger partial charge in [-0.25, -0.2) is 9.97 Å². The van der Waals surface area contributed by atoms with Gasteiger partial charge in [0, 0.05) is 49.3 Å². The molecule has 0 spiro atoms. The number of carbonyl (C=O) groups excluding carboxylic acids is 1. The first-order chi connectivity index (χ1) is 16.5. The van der Waals surface area contributed by atoms with Gasteiger partial charge in [-0.05, 0) is 50.5 Å². The molecule has 6 heterocycles. The summed E-state index contributed by atoms with van der Waals surface area (Å²) in [6.45, 7) is 1.97. The summed E-state index contributed by atoms with van der Waals surface area (Å²) in [4.78, 5) is 30.2. The molecule has 0 saturated carbocycles. The number of H-pyrrole nitrogens is 1. The molecular weight excluding hydrogens is 450 g/mol. The summed E-state index contributed by atoms with van der Waals surface area (Å²) in [6.07, 6.45) is 8.44. The van der Waals surface area contributed by atoms with Gasteiger partial charge in [0.2, 0.25) is 5.95 Å². The Bertz CT molecular complexity index is 1330. The van der Waals surface area contributed by atoms with Crippen LogP contribution in [0.15, 0.2) is 29.9 Å². The van der Waals surface area contributed by atoms with E-state index in [-0.39, 0.29) is 24.0 Å². The van der Waals surface area contributed by atoms with Crippen molar-refractivity contribution in [1.29, 1.82) is 0 Å². The topological polar surface area (TPSA) is 117 Å². The highest BCUT2D eigenvalue weighted by atomic mass is 32.1. The van der Waals surface area contributed by atoms with E-state index in [1.54, 1.807) is 17.5 Å². The second-order valence-electron chi connectivity index (χ2n) is 9.22. The minimum absolute atomic E-state index is 0.0395. The van der Waals surface area contributed by atoms with Crippen LogP contribution in [0.5, 0.6) is 0 Å². The number of amides is 1. The van der Waals surface area contributed by atoms with E-state index in [1.807, 2.05) is 42.2 Å². The number of piperidine rings is 2. The summed E-state index contributed by atoms with van der Waals surface area (Å²) < 4.78 is 1.81. The van der Waals surface area contributed by atoms with Gasteiger partial charge in [-0.3, -0.25) is 9.89 Å². The Morgan fingerprint density at radius 3 is 2.76 bits per heavy atom. The lowest BCUT2D eigenvalue weighted by Crippen LogP contribution is -2.57. The summed E-state index contributed by atoms with van der Waals surface area (Å²) >= 11 is 1.59. The number of rotatable bonds is 5. The summed E-state index contributed by atoms with van der Waals surface area (Å²) in [5, 5.41) is 17.1. The molecule has 34 heavy (non-hydrogen) atoms. The molecule has 1 amide bonds. The molecule has 2 fully saturated rings. The lowest BCUT2D eigenvalue weighted by molar-refractivity contribution is 0.0244.